The van der Waals surface area contributed by atoms with E-state index in [2.05, 4.69) is 5.32 Å². The van der Waals surface area contributed by atoms with E-state index in [1.165, 1.54) is 0 Å². The van der Waals surface area contributed by atoms with Gasteiger partial charge >= 0.3 is 0 Å². The lowest BCUT2D eigenvalue weighted by molar-refractivity contribution is -0.129. The third-order valence-electron chi connectivity index (χ3n) is 3.95. The smallest absolute Gasteiger partial charge is 0.239 e. The molecule has 1 aliphatic heterocycles. The lowest BCUT2D eigenvalue weighted by Crippen LogP contribution is -2.33. The van der Waals surface area contributed by atoms with Crippen molar-refractivity contribution in [3.05, 3.63) is 54.6 Å². The zero-order valence-electron chi connectivity index (χ0n) is 12.9. The van der Waals surface area contributed by atoms with E-state index in [1.54, 1.807) is 24.1 Å². The van der Waals surface area contributed by atoms with Crippen LogP contribution in [0.4, 0.5) is 11.4 Å². The highest BCUT2D eigenvalue weighted by Crippen LogP contribution is 2.28. The number of benzene rings is 2. The number of methoxy groups -OCH3 is 1. The maximum Gasteiger partial charge on any atom is 0.239 e. The molecular formula is C18H18N2O3. The number of amides is 2. The van der Waals surface area contributed by atoms with Crippen LogP contribution >= 0.6 is 0 Å². The van der Waals surface area contributed by atoms with Crippen molar-refractivity contribution in [2.75, 3.05) is 23.9 Å². The van der Waals surface area contributed by atoms with Crippen molar-refractivity contribution < 1.29 is 14.3 Å². The predicted molar refractivity (Wildman–Crippen MR) is 88.5 cm³/mol. The highest BCUT2D eigenvalue weighted by Gasteiger charge is 2.37. The van der Waals surface area contributed by atoms with E-state index in [9.17, 15) is 9.59 Å². The van der Waals surface area contributed by atoms with E-state index in [0.29, 0.717) is 24.4 Å². The Balaban J connectivity index is 1.73. The molecule has 5 nitrogen and oxygen atoms in total. The molecule has 1 atom stereocenters. The standard InChI is InChI=1S/C18H18N2O3/c1-23-16-10-6-5-9-15(16)19-17(21)14-11-12-20(18(14)22)13-7-3-2-4-8-13/h2-10,14H,11-12H2,1H3,(H,19,21). The van der Waals surface area contributed by atoms with E-state index in [-0.39, 0.29) is 11.8 Å². The summed E-state index contributed by atoms with van der Waals surface area (Å²) >= 11 is 0. The Morgan fingerprint density at radius 1 is 1.13 bits per heavy atom. The van der Waals surface area contributed by atoms with E-state index in [0.717, 1.165) is 5.69 Å². The van der Waals surface area contributed by atoms with E-state index in [4.69, 9.17) is 4.74 Å². The van der Waals surface area contributed by atoms with E-state index >= 15 is 0 Å². The molecule has 1 N–H and O–H groups in total. The summed E-state index contributed by atoms with van der Waals surface area (Å²) in [5.74, 6) is -0.548. The van der Waals surface area contributed by atoms with E-state index in [1.807, 2.05) is 42.5 Å². The van der Waals surface area contributed by atoms with Crippen molar-refractivity contribution in [3.63, 3.8) is 0 Å². The highest BCUT2D eigenvalue weighted by molar-refractivity contribution is 6.13. The Labute approximate surface area is 134 Å². The first-order valence-corrected chi connectivity index (χ1v) is 7.51. The molecule has 1 unspecified atom stereocenters. The fourth-order valence-corrected chi connectivity index (χ4v) is 2.76. The molecule has 1 saturated heterocycles. The van der Waals surface area contributed by atoms with Crippen molar-refractivity contribution in [1.82, 2.24) is 0 Å². The number of para-hydroxylation sites is 3. The Kier molecular flexibility index (Phi) is 4.28. The molecule has 2 amide bonds. The topological polar surface area (TPSA) is 58.6 Å². The van der Waals surface area contributed by atoms with Crippen molar-refractivity contribution in [3.8, 4) is 5.75 Å². The molecule has 0 spiro atoms. The molecule has 3 rings (SSSR count). The minimum atomic E-state index is -0.667. The Bertz CT molecular complexity index is 715. The number of hydrogen-bond acceptors (Lipinski definition) is 3. The molecular weight excluding hydrogens is 292 g/mol. The van der Waals surface area contributed by atoms with Crippen LogP contribution in [0.3, 0.4) is 0 Å². The van der Waals surface area contributed by atoms with Gasteiger partial charge in [-0.15, -0.1) is 0 Å². The number of nitrogens with one attached hydrogen (secondary N) is 1. The fraction of sp³-hybridized carbons (Fsp3) is 0.222. The first kappa shape index (κ1) is 15.1. The lowest BCUT2D eigenvalue weighted by atomic mass is 10.1. The van der Waals surface area contributed by atoms with Crippen molar-refractivity contribution >= 4 is 23.2 Å². The highest BCUT2D eigenvalue weighted by atomic mass is 16.5. The molecule has 118 valence electrons. The molecule has 2 aromatic rings. The van der Waals surface area contributed by atoms with Gasteiger partial charge < -0.3 is 15.0 Å². The van der Waals surface area contributed by atoms with Gasteiger partial charge in [0.25, 0.3) is 0 Å². The van der Waals surface area contributed by atoms with Crippen LogP contribution in [0, 0.1) is 5.92 Å². The summed E-state index contributed by atoms with van der Waals surface area (Å²) in [6, 6.07) is 16.6. The molecule has 5 heteroatoms. The van der Waals surface area contributed by atoms with Crippen LogP contribution in [0.25, 0.3) is 0 Å². The first-order chi connectivity index (χ1) is 11.2. The lowest BCUT2D eigenvalue weighted by Gasteiger charge is -2.17. The first-order valence-electron chi connectivity index (χ1n) is 7.51. The van der Waals surface area contributed by atoms with Gasteiger partial charge in [-0.1, -0.05) is 30.3 Å². The molecule has 1 heterocycles. The molecule has 0 aliphatic carbocycles. The quantitative estimate of drug-likeness (QED) is 0.883. The van der Waals surface area contributed by atoms with Crippen LogP contribution in [0.1, 0.15) is 6.42 Å². The van der Waals surface area contributed by atoms with Gasteiger partial charge in [0.1, 0.15) is 11.7 Å². The van der Waals surface area contributed by atoms with Gasteiger partial charge in [0.15, 0.2) is 0 Å². The summed E-state index contributed by atoms with van der Waals surface area (Å²) in [6.07, 6.45) is 0.509. The number of anilines is 2. The monoisotopic (exact) mass is 310 g/mol. The SMILES string of the molecule is COc1ccccc1NC(=O)C1CCN(c2ccccc2)C1=O. The third kappa shape index (κ3) is 3.04. The van der Waals surface area contributed by atoms with Gasteiger partial charge in [-0.3, -0.25) is 9.59 Å². The maximum atomic E-state index is 12.5. The average molecular weight is 310 g/mol. The Morgan fingerprint density at radius 3 is 2.57 bits per heavy atom. The van der Waals surface area contributed by atoms with Crippen molar-refractivity contribution in [2.24, 2.45) is 5.92 Å². The van der Waals surface area contributed by atoms with Crippen LogP contribution in [-0.4, -0.2) is 25.5 Å². The van der Waals surface area contributed by atoms with Gasteiger partial charge in [0, 0.05) is 12.2 Å². The van der Waals surface area contributed by atoms with Crippen molar-refractivity contribution in [2.45, 2.75) is 6.42 Å². The second kappa shape index (κ2) is 6.52. The third-order valence-corrected chi connectivity index (χ3v) is 3.95. The van der Waals surface area contributed by atoms with Gasteiger partial charge in [0.2, 0.25) is 11.8 Å². The maximum absolute atomic E-state index is 12.5. The summed E-state index contributed by atoms with van der Waals surface area (Å²) in [7, 11) is 1.54. The summed E-state index contributed by atoms with van der Waals surface area (Å²) < 4.78 is 5.22. The normalized spacial score (nSPS) is 17.2. The van der Waals surface area contributed by atoms with Gasteiger partial charge in [-0.25, -0.2) is 0 Å². The molecule has 0 saturated carbocycles. The molecule has 23 heavy (non-hydrogen) atoms. The Morgan fingerprint density at radius 2 is 1.83 bits per heavy atom. The molecule has 1 fully saturated rings. The van der Waals surface area contributed by atoms with Gasteiger partial charge in [-0.05, 0) is 30.7 Å². The largest absolute Gasteiger partial charge is 0.495 e. The van der Waals surface area contributed by atoms with Crippen LogP contribution in [0.2, 0.25) is 0 Å². The molecule has 0 aromatic heterocycles. The molecule has 0 bridgehead atoms. The number of carbonyl (C=O) groups is 2. The number of rotatable bonds is 4. The summed E-state index contributed by atoms with van der Waals surface area (Å²) in [5, 5.41) is 2.79. The van der Waals surface area contributed by atoms with E-state index < -0.39 is 5.92 Å². The van der Waals surface area contributed by atoms with Gasteiger partial charge in [-0.2, -0.15) is 0 Å². The van der Waals surface area contributed by atoms with Crippen molar-refractivity contribution in [1.29, 1.82) is 0 Å². The zero-order chi connectivity index (χ0) is 16.2. The number of ether oxygens (including phenoxy) is 1. The van der Waals surface area contributed by atoms with Crippen LogP contribution in [-0.2, 0) is 9.59 Å². The summed E-state index contributed by atoms with van der Waals surface area (Å²) in [4.78, 5) is 26.6. The predicted octanol–water partition coefficient (Wildman–Crippen LogP) is 2.69. The minimum absolute atomic E-state index is 0.163. The van der Waals surface area contributed by atoms with Crippen LogP contribution in [0.15, 0.2) is 54.6 Å². The van der Waals surface area contributed by atoms with Crippen LogP contribution in [0.5, 0.6) is 5.75 Å². The molecule has 1 aliphatic rings. The Hall–Kier alpha value is -2.82. The minimum Gasteiger partial charge on any atom is -0.495 e. The zero-order valence-corrected chi connectivity index (χ0v) is 12.9. The molecule has 0 radical (unpaired) electrons. The average Bonchev–Trinajstić information content (AvgIpc) is 2.98. The number of nitrogens with zero attached hydrogens (tertiary/aromatic N) is 1. The summed E-state index contributed by atoms with van der Waals surface area (Å²) in [6.45, 7) is 0.548. The second-order valence-corrected chi connectivity index (χ2v) is 5.36. The van der Waals surface area contributed by atoms with Crippen LogP contribution < -0.4 is 15.0 Å². The van der Waals surface area contributed by atoms with Gasteiger partial charge in [0.05, 0.1) is 12.8 Å². The fourth-order valence-electron chi connectivity index (χ4n) is 2.76. The summed E-state index contributed by atoms with van der Waals surface area (Å²) in [5.41, 5.74) is 1.40. The second-order valence-electron chi connectivity index (χ2n) is 5.36. The molecule has 2 aromatic carbocycles. The number of carbonyl (C=O) groups excluding carboxylic acids is 2. The number of hydrogen-bond donors (Lipinski definition) is 1.